The van der Waals surface area contributed by atoms with Crippen molar-refractivity contribution in [1.29, 1.82) is 0 Å². The van der Waals surface area contributed by atoms with E-state index in [1.165, 1.54) is 17.7 Å². The fourth-order valence-electron chi connectivity index (χ4n) is 2.15. The molecule has 2 N–H and O–H groups in total. The molecule has 0 saturated heterocycles. The van der Waals surface area contributed by atoms with E-state index in [-0.39, 0.29) is 5.82 Å². The number of anilines is 1. The zero-order chi connectivity index (χ0) is 13.9. The van der Waals surface area contributed by atoms with Crippen LogP contribution in [-0.4, -0.2) is 16.5 Å². The van der Waals surface area contributed by atoms with Gasteiger partial charge in [-0.2, -0.15) is 0 Å². The number of hydrogen-bond donors (Lipinski definition) is 2. The van der Waals surface area contributed by atoms with Gasteiger partial charge in [-0.05, 0) is 37.3 Å². The number of rotatable bonds is 4. The maximum Gasteiger partial charge on any atom is 0.125 e. The second-order valence-electron chi connectivity index (χ2n) is 4.89. The molecule has 0 atom stereocenters. The molecule has 3 rings (SSSR count). The van der Waals surface area contributed by atoms with Crippen molar-refractivity contribution in [2.75, 3.05) is 11.9 Å². The van der Waals surface area contributed by atoms with Crippen LogP contribution in [0.5, 0.6) is 0 Å². The topological polar surface area (TPSA) is 40.7 Å². The van der Waals surface area contributed by atoms with Crippen molar-refractivity contribution in [3.63, 3.8) is 0 Å². The molecule has 102 valence electrons. The van der Waals surface area contributed by atoms with Crippen molar-refractivity contribution >= 4 is 16.7 Å². The van der Waals surface area contributed by atoms with E-state index >= 15 is 0 Å². The zero-order valence-corrected chi connectivity index (χ0v) is 11.3. The van der Waals surface area contributed by atoms with Crippen LogP contribution in [0, 0.1) is 12.7 Å². The normalized spacial score (nSPS) is 10.9. The van der Waals surface area contributed by atoms with Crippen LogP contribution in [0.1, 0.15) is 11.4 Å². The highest BCUT2D eigenvalue weighted by atomic mass is 19.1. The van der Waals surface area contributed by atoms with Crippen LogP contribution in [-0.2, 0) is 6.42 Å². The Morgan fingerprint density at radius 1 is 1.15 bits per heavy atom. The number of hydrogen-bond acceptors (Lipinski definition) is 2. The number of aryl methyl sites for hydroxylation is 1. The Labute approximate surface area is 116 Å². The van der Waals surface area contributed by atoms with Gasteiger partial charge in [0, 0.05) is 18.7 Å². The van der Waals surface area contributed by atoms with E-state index in [9.17, 15) is 4.39 Å². The third-order valence-corrected chi connectivity index (χ3v) is 3.24. The number of nitrogens with zero attached hydrogens (tertiary/aromatic N) is 1. The van der Waals surface area contributed by atoms with Gasteiger partial charge in [-0.1, -0.05) is 17.7 Å². The molecule has 3 nitrogen and oxygen atoms in total. The summed E-state index contributed by atoms with van der Waals surface area (Å²) >= 11 is 0. The first-order valence-corrected chi connectivity index (χ1v) is 6.65. The zero-order valence-electron chi connectivity index (χ0n) is 11.3. The van der Waals surface area contributed by atoms with E-state index in [0.29, 0.717) is 0 Å². The molecule has 0 aliphatic rings. The molecule has 0 bridgehead atoms. The summed E-state index contributed by atoms with van der Waals surface area (Å²) in [6.07, 6.45) is 0.768. The highest BCUT2D eigenvalue weighted by Crippen LogP contribution is 2.13. The SMILES string of the molecule is Cc1ccc(NCCc2nc3ccc(F)cc3[nH]2)cc1. The average Bonchev–Trinajstić information content (AvgIpc) is 2.83. The minimum Gasteiger partial charge on any atom is -0.385 e. The van der Waals surface area contributed by atoms with Crippen LogP contribution >= 0.6 is 0 Å². The van der Waals surface area contributed by atoms with Gasteiger partial charge in [0.15, 0.2) is 0 Å². The Hall–Kier alpha value is -2.36. The summed E-state index contributed by atoms with van der Waals surface area (Å²) in [6.45, 7) is 2.85. The van der Waals surface area contributed by atoms with Gasteiger partial charge in [-0.15, -0.1) is 0 Å². The average molecular weight is 269 g/mol. The highest BCUT2D eigenvalue weighted by Gasteiger charge is 2.03. The Balaban J connectivity index is 1.63. The lowest BCUT2D eigenvalue weighted by molar-refractivity contribution is 0.629. The Kier molecular flexibility index (Phi) is 3.37. The molecule has 0 aliphatic heterocycles. The van der Waals surface area contributed by atoms with E-state index < -0.39 is 0 Å². The minimum atomic E-state index is -0.245. The van der Waals surface area contributed by atoms with Gasteiger partial charge in [0.1, 0.15) is 11.6 Å². The van der Waals surface area contributed by atoms with Crippen LogP contribution in [0.2, 0.25) is 0 Å². The number of imidazole rings is 1. The van der Waals surface area contributed by atoms with Gasteiger partial charge in [0.2, 0.25) is 0 Å². The number of aromatic amines is 1. The van der Waals surface area contributed by atoms with E-state index in [0.717, 1.165) is 35.5 Å². The van der Waals surface area contributed by atoms with Gasteiger partial charge < -0.3 is 10.3 Å². The molecular weight excluding hydrogens is 253 g/mol. The van der Waals surface area contributed by atoms with E-state index in [4.69, 9.17) is 0 Å². The fraction of sp³-hybridized carbons (Fsp3) is 0.188. The lowest BCUT2D eigenvalue weighted by Crippen LogP contribution is -2.05. The predicted molar refractivity (Wildman–Crippen MR) is 79.4 cm³/mol. The van der Waals surface area contributed by atoms with Gasteiger partial charge in [-0.3, -0.25) is 0 Å². The van der Waals surface area contributed by atoms with Crippen LogP contribution in [0.4, 0.5) is 10.1 Å². The molecule has 0 aliphatic carbocycles. The number of fused-ring (bicyclic) bond motifs is 1. The summed E-state index contributed by atoms with van der Waals surface area (Å²) in [5, 5.41) is 3.34. The van der Waals surface area contributed by atoms with Crippen molar-refractivity contribution in [3.8, 4) is 0 Å². The van der Waals surface area contributed by atoms with Crippen LogP contribution in [0.25, 0.3) is 11.0 Å². The molecule has 0 saturated carbocycles. The highest BCUT2D eigenvalue weighted by molar-refractivity contribution is 5.74. The largest absolute Gasteiger partial charge is 0.385 e. The Morgan fingerprint density at radius 3 is 2.75 bits per heavy atom. The molecular formula is C16H16FN3. The van der Waals surface area contributed by atoms with Crippen molar-refractivity contribution < 1.29 is 4.39 Å². The van der Waals surface area contributed by atoms with Crippen LogP contribution in [0.15, 0.2) is 42.5 Å². The number of benzene rings is 2. The maximum absolute atomic E-state index is 13.1. The Morgan fingerprint density at radius 2 is 1.95 bits per heavy atom. The molecule has 0 fully saturated rings. The first-order valence-electron chi connectivity index (χ1n) is 6.65. The molecule has 1 heterocycles. The summed E-state index contributed by atoms with van der Waals surface area (Å²) in [6, 6.07) is 12.9. The van der Waals surface area contributed by atoms with E-state index in [2.05, 4.69) is 46.5 Å². The third-order valence-electron chi connectivity index (χ3n) is 3.24. The molecule has 3 aromatic rings. The molecule has 0 radical (unpaired) electrons. The summed E-state index contributed by atoms with van der Waals surface area (Å²) in [7, 11) is 0. The molecule has 0 spiro atoms. The van der Waals surface area contributed by atoms with Crippen molar-refractivity contribution in [2.24, 2.45) is 0 Å². The first kappa shape index (κ1) is 12.7. The van der Waals surface area contributed by atoms with Crippen molar-refractivity contribution in [2.45, 2.75) is 13.3 Å². The van der Waals surface area contributed by atoms with Gasteiger partial charge in [0.05, 0.1) is 11.0 Å². The van der Waals surface area contributed by atoms with Gasteiger partial charge in [-0.25, -0.2) is 9.37 Å². The summed E-state index contributed by atoms with van der Waals surface area (Å²) in [4.78, 5) is 7.58. The monoisotopic (exact) mass is 269 g/mol. The molecule has 0 amide bonds. The summed E-state index contributed by atoms with van der Waals surface area (Å²) in [5.41, 5.74) is 3.89. The van der Waals surface area contributed by atoms with Gasteiger partial charge >= 0.3 is 0 Å². The van der Waals surface area contributed by atoms with E-state index in [1.54, 1.807) is 6.07 Å². The smallest absolute Gasteiger partial charge is 0.125 e. The maximum atomic E-state index is 13.1. The van der Waals surface area contributed by atoms with Crippen LogP contribution in [0.3, 0.4) is 0 Å². The lowest BCUT2D eigenvalue weighted by Gasteiger charge is -2.05. The number of nitrogens with one attached hydrogen (secondary N) is 2. The molecule has 20 heavy (non-hydrogen) atoms. The standard InChI is InChI=1S/C16H16FN3/c1-11-2-5-13(6-3-11)18-9-8-16-19-14-7-4-12(17)10-15(14)20-16/h2-7,10,18H,8-9H2,1H3,(H,19,20). The van der Waals surface area contributed by atoms with Crippen molar-refractivity contribution in [1.82, 2.24) is 9.97 Å². The molecule has 0 unspecified atom stereocenters. The Bertz CT molecular complexity index is 716. The third kappa shape index (κ3) is 2.79. The number of aromatic nitrogens is 2. The summed E-state index contributed by atoms with van der Waals surface area (Å²) in [5.74, 6) is 0.621. The van der Waals surface area contributed by atoms with Gasteiger partial charge in [0.25, 0.3) is 0 Å². The predicted octanol–water partition coefficient (Wildman–Crippen LogP) is 3.67. The summed E-state index contributed by atoms with van der Waals surface area (Å²) < 4.78 is 13.1. The number of halogens is 1. The first-order chi connectivity index (χ1) is 9.70. The fourth-order valence-corrected chi connectivity index (χ4v) is 2.15. The molecule has 2 aromatic carbocycles. The molecule has 4 heteroatoms. The second-order valence-corrected chi connectivity index (χ2v) is 4.89. The number of H-pyrrole nitrogens is 1. The van der Waals surface area contributed by atoms with Crippen LogP contribution < -0.4 is 5.32 Å². The quantitative estimate of drug-likeness (QED) is 0.758. The molecule has 1 aromatic heterocycles. The van der Waals surface area contributed by atoms with E-state index in [1.807, 2.05) is 0 Å². The lowest BCUT2D eigenvalue weighted by atomic mass is 10.2. The second kappa shape index (κ2) is 5.33. The van der Waals surface area contributed by atoms with Crippen molar-refractivity contribution in [3.05, 3.63) is 59.7 Å². The minimum absolute atomic E-state index is 0.245.